The Morgan fingerprint density at radius 3 is 2.88 bits per heavy atom. The maximum atomic E-state index is 13.3. The molecule has 0 radical (unpaired) electrons. The van der Waals surface area contributed by atoms with Crippen LogP contribution < -0.4 is 10.2 Å². The van der Waals surface area contributed by atoms with E-state index in [-0.39, 0.29) is 11.4 Å². The van der Waals surface area contributed by atoms with Gasteiger partial charge in [0, 0.05) is 24.3 Å². The predicted molar refractivity (Wildman–Crippen MR) is 69.9 cm³/mol. The summed E-state index contributed by atoms with van der Waals surface area (Å²) in [5.41, 5.74) is 1.05. The van der Waals surface area contributed by atoms with Gasteiger partial charge in [0.05, 0.1) is 0 Å². The van der Waals surface area contributed by atoms with Crippen LogP contribution >= 0.6 is 0 Å². The minimum Gasteiger partial charge on any atom is -0.369 e. The van der Waals surface area contributed by atoms with Crippen LogP contribution in [0.15, 0.2) is 24.3 Å². The molecule has 0 spiro atoms. The van der Waals surface area contributed by atoms with Crippen molar-refractivity contribution >= 4 is 5.69 Å². The lowest BCUT2D eigenvalue weighted by molar-refractivity contribution is 0.402. The summed E-state index contributed by atoms with van der Waals surface area (Å²) in [5.74, 6) is 0.408. The number of hydrogen-bond donors (Lipinski definition) is 1. The molecule has 1 heterocycles. The highest BCUT2D eigenvalue weighted by atomic mass is 19.1. The molecule has 1 unspecified atom stereocenters. The van der Waals surface area contributed by atoms with Crippen LogP contribution in [-0.2, 0) is 0 Å². The number of hydrogen-bond acceptors (Lipinski definition) is 2. The minimum absolute atomic E-state index is 0.0665. The molecular formula is C14H21FN2. The van der Waals surface area contributed by atoms with E-state index >= 15 is 0 Å². The Bertz CT molecular complexity index is 390. The maximum absolute atomic E-state index is 13.3. The topological polar surface area (TPSA) is 15.3 Å². The Hall–Kier alpha value is -1.09. The zero-order valence-corrected chi connectivity index (χ0v) is 10.8. The smallest absolute Gasteiger partial charge is 0.125 e. The molecule has 94 valence electrons. The molecule has 1 aromatic carbocycles. The average Bonchev–Trinajstić information content (AvgIpc) is 2.38. The second-order valence-corrected chi connectivity index (χ2v) is 5.73. The van der Waals surface area contributed by atoms with Gasteiger partial charge in [0.2, 0.25) is 0 Å². The van der Waals surface area contributed by atoms with Crippen molar-refractivity contribution in [1.29, 1.82) is 0 Å². The summed E-state index contributed by atoms with van der Waals surface area (Å²) >= 11 is 0. The normalized spacial score (nSPS) is 24.5. The molecule has 1 fully saturated rings. The second kappa shape index (κ2) is 4.65. The Morgan fingerprint density at radius 2 is 2.18 bits per heavy atom. The van der Waals surface area contributed by atoms with Gasteiger partial charge in [-0.25, -0.2) is 4.39 Å². The molecule has 0 aromatic heterocycles. The zero-order valence-electron chi connectivity index (χ0n) is 10.8. The molecule has 2 rings (SSSR count). The summed E-state index contributed by atoms with van der Waals surface area (Å²) in [6.07, 6.45) is 0. The summed E-state index contributed by atoms with van der Waals surface area (Å²) in [7, 11) is 0. The first-order valence-corrected chi connectivity index (χ1v) is 6.22. The van der Waals surface area contributed by atoms with Crippen molar-refractivity contribution in [2.45, 2.75) is 26.3 Å². The van der Waals surface area contributed by atoms with Gasteiger partial charge in [0.25, 0.3) is 0 Å². The summed E-state index contributed by atoms with van der Waals surface area (Å²) in [6.45, 7) is 9.49. The van der Waals surface area contributed by atoms with E-state index in [0.717, 1.165) is 25.3 Å². The average molecular weight is 236 g/mol. The third-order valence-corrected chi connectivity index (χ3v) is 3.22. The van der Waals surface area contributed by atoms with Crippen molar-refractivity contribution < 1.29 is 4.39 Å². The first kappa shape index (κ1) is 12.4. The first-order valence-electron chi connectivity index (χ1n) is 6.22. The van der Waals surface area contributed by atoms with Crippen molar-refractivity contribution in [3.8, 4) is 0 Å². The van der Waals surface area contributed by atoms with Crippen LogP contribution in [-0.4, -0.2) is 25.2 Å². The van der Waals surface area contributed by atoms with E-state index in [4.69, 9.17) is 0 Å². The number of nitrogens with one attached hydrogen (secondary N) is 1. The number of rotatable bonds is 1. The van der Waals surface area contributed by atoms with Crippen LogP contribution in [0, 0.1) is 11.7 Å². The fourth-order valence-corrected chi connectivity index (χ4v) is 2.36. The summed E-state index contributed by atoms with van der Waals surface area (Å²) in [5, 5.41) is 3.55. The lowest BCUT2D eigenvalue weighted by atomic mass is 10.1. The second-order valence-electron chi connectivity index (χ2n) is 5.73. The molecule has 1 N–H and O–H groups in total. The molecule has 1 atom stereocenters. The van der Waals surface area contributed by atoms with E-state index in [9.17, 15) is 4.39 Å². The van der Waals surface area contributed by atoms with Crippen molar-refractivity contribution in [3.63, 3.8) is 0 Å². The number of benzene rings is 1. The highest BCUT2D eigenvalue weighted by Gasteiger charge is 2.27. The van der Waals surface area contributed by atoms with Gasteiger partial charge in [-0.3, -0.25) is 0 Å². The quantitative estimate of drug-likeness (QED) is 0.806. The number of anilines is 1. The van der Waals surface area contributed by atoms with E-state index < -0.39 is 0 Å². The van der Waals surface area contributed by atoms with Gasteiger partial charge >= 0.3 is 0 Å². The Balaban J connectivity index is 2.23. The molecule has 0 bridgehead atoms. The molecular weight excluding hydrogens is 215 g/mol. The molecule has 0 amide bonds. The first-order chi connectivity index (χ1) is 7.96. The Kier molecular flexibility index (Phi) is 3.38. The lowest BCUT2D eigenvalue weighted by Crippen LogP contribution is -2.46. The van der Waals surface area contributed by atoms with Gasteiger partial charge in [-0.2, -0.15) is 0 Å². The minimum atomic E-state index is -0.162. The fourth-order valence-electron chi connectivity index (χ4n) is 2.36. The molecule has 0 saturated carbocycles. The third-order valence-electron chi connectivity index (χ3n) is 3.22. The largest absolute Gasteiger partial charge is 0.369 e. The van der Waals surface area contributed by atoms with E-state index in [1.807, 2.05) is 6.07 Å². The molecule has 17 heavy (non-hydrogen) atoms. The highest BCUT2D eigenvalue weighted by Crippen LogP contribution is 2.22. The summed E-state index contributed by atoms with van der Waals surface area (Å²) in [6, 6.07) is 6.88. The van der Waals surface area contributed by atoms with Crippen molar-refractivity contribution in [2.24, 2.45) is 5.92 Å². The van der Waals surface area contributed by atoms with Crippen LogP contribution in [0.1, 0.15) is 20.8 Å². The summed E-state index contributed by atoms with van der Waals surface area (Å²) in [4.78, 5) is 2.27. The molecule has 0 aliphatic carbocycles. The molecule has 1 aliphatic heterocycles. The lowest BCUT2D eigenvalue weighted by Gasteiger charge is -2.31. The molecule has 1 saturated heterocycles. The monoisotopic (exact) mass is 236 g/mol. The van der Waals surface area contributed by atoms with E-state index in [2.05, 4.69) is 31.0 Å². The molecule has 1 aliphatic rings. The highest BCUT2D eigenvalue weighted by molar-refractivity contribution is 5.47. The van der Waals surface area contributed by atoms with Gasteiger partial charge < -0.3 is 10.2 Å². The fraction of sp³-hybridized carbons (Fsp3) is 0.571. The SMILES string of the molecule is CC1CNC(C)(C)CN(c2cccc(F)c2)C1. The van der Waals surface area contributed by atoms with E-state index in [1.54, 1.807) is 12.1 Å². The number of halogens is 1. The Morgan fingerprint density at radius 1 is 1.41 bits per heavy atom. The van der Waals surface area contributed by atoms with Gasteiger partial charge in [0.15, 0.2) is 0 Å². The van der Waals surface area contributed by atoms with Crippen LogP contribution in [0.2, 0.25) is 0 Å². The van der Waals surface area contributed by atoms with Crippen LogP contribution in [0.4, 0.5) is 10.1 Å². The van der Waals surface area contributed by atoms with Crippen LogP contribution in [0.3, 0.4) is 0 Å². The van der Waals surface area contributed by atoms with Crippen LogP contribution in [0.5, 0.6) is 0 Å². The van der Waals surface area contributed by atoms with Gasteiger partial charge in [-0.05, 0) is 44.5 Å². The van der Waals surface area contributed by atoms with Crippen LogP contribution in [0.25, 0.3) is 0 Å². The van der Waals surface area contributed by atoms with E-state index in [1.165, 1.54) is 6.07 Å². The van der Waals surface area contributed by atoms with Gasteiger partial charge in [0.1, 0.15) is 5.82 Å². The van der Waals surface area contributed by atoms with Gasteiger partial charge in [-0.15, -0.1) is 0 Å². The summed E-state index contributed by atoms with van der Waals surface area (Å²) < 4.78 is 13.3. The maximum Gasteiger partial charge on any atom is 0.125 e. The van der Waals surface area contributed by atoms with Gasteiger partial charge in [-0.1, -0.05) is 13.0 Å². The number of nitrogens with zero attached hydrogens (tertiary/aromatic N) is 1. The standard InChI is InChI=1S/C14H21FN2/c1-11-8-16-14(2,3)10-17(9-11)13-6-4-5-12(15)7-13/h4-7,11,16H,8-10H2,1-3H3. The van der Waals surface area contributed by atoms with Crippen molar-refractivity contribution in [1.82, 2.24) is 5.32 Å². The predicted octanol–water partition coefficient (Wildman–Crippen LogP) is 2.65. The zero-order chi connectivity index (χ0) is 12.5. The molecule has 1 aromatic rings. The third kappa shape index (κ3) is 3.19. The van der Waals surface area contributed by atoms with Crippen molar-refractivity contribution in [2.75, 3.05) is 24.5 Å². The Labute approximate surface area is 103 Å². The van der Waals surface area contributed by atoms with E-state index in [0.29, 0.717) is 5.92 Å². The molecule has 3 heteroatoms. The van der Waals surface area contributed by atoms with Crippen molar-refractivity contribution in [3.05, 3.63) is 30.1 Å². The molecule has 2 nitrogen and oxygen atoms in total.